The van der Waals surface area contributed by atoms with Crippen molar-refractivity contribution in [2.24, 2.45) is 0 Å². The third-order valence-corrected chi connectivity index (χ3v) is 10.8. The molecule has 0 saturated heterocycles. The predicted octanol–water partition coefficient (Wildman–Crippen LogP) is 17.4. The van der Waals surface area contributed by atoms with Crippen molar-refractivity contribution in [1.29, 1.82) is 0 Å². The normalized spacial score (nSPS) is 12.9. The number of esters is 3. The van der Waals surface area contributed by atoms with E-state index in [-0.39, 0.29) is 31.1 Å². The molecule has 0 fully saturated rings. The van der Waals surface area contributed by atoms with Crippen LogP contribution in [0.1, 0.15) is 233 Å². The molecule has 0 radical (unpaired) electrons. The first kappa shape index (κ1) is 60.3. The molecule has 6 heteroatoms. The molecule has 0 rings (SSSR count). The molecular weight excluding hydrogens is 793 g/mol. The van der Waals surface area contributed by atoms with E-state index in [2.05, 4.69) is 118 Å². The van der Waals surface area contributed by atoms with Gasteiger partial charge in [-0.1, -0.05) is 208 Å². The number of carbonyl (C=O) groups is 3. The Balaban J connectivity index is 4.24. The van der Waals surface area contributed by atoms with Crippen LogP contribution >= 0.6 is 0 Å². The van der Waals surface area contributed by atoms with Gasteiger partial charge in [-0.15, -0.1) is 0 Å². The van der Waals surface area contributed by atoms with Crippen molar-refractivity contribution in [1.82, 2.24) is 0 Å². The zero-order valence-electron chi connectivity index (χ0n) is 41.5. The number of allylic oxidation sites excluding steroid dienone is 16. The van der Waals surface area contributed by atoms with Crippen molar-refractivity contribution in [3.05, 3.63) is 97.2 Å². The van der Waals surface area contributed by atoms with Crippen molar-refractivity contribution < 1.29 is 28.6 Å². The average Bonchev–Trinajstić information content (AvgIpc) is 3.29. The summed E-state index contributed by atoms with van der Waals surface area (Å²) >= 11 is 0. The molecule has 1 unspecified atom stereocenters. The lowest BCUT2D eigenvalue weighted by Crippen LogP contribution is -2.30. The maximum Gasteiger partial charge on any atom is 0.306 e. The number of unbranched alkanes of at least 4 members (excludes halogenated alkanes) is 19. The fourth-order valence-electron chi connectivity index (χ4n) is 6.89. The molecule has 0 spiro atoms. The second-order valence-corrected chi connectivity index (χ2v) is 17.1. The minimum atomic E-state index is -0.789. The zero-order chi connectivity index (χ0) is 46.5. The van der Waals surface area contributed by atoms with E-state index in [1.807, 2.05) is 0 Å². The van der Waals surface area contributed by atoms with Crippen LogP contribution in [0.25, 0.3) is 0 Å². The van der Waals surface area contributed by atoms with Crippen LogP contribution in [0, 0.1) is 0 Å². The van der Waals surface area contributed by atoms with E-state index in [1.54, 1.807) is 0 Å². The van der Waals surface area contributed by atoms with Crippen LogP contribution < -0.4 is 0 Å². The van der Waals surface area contributed by atoms with E-state index in [0.29, 0.717) is 19.3 Å². The third-order valence-electron chi connectivity index (χ3n) is 10.8. The van der Waals surface area contributed by atoms with E-state index >= 15 is 0 Å². The Labute approximate surface area is 394 Å². The summed E-state index contributed by atoms with van der Waals surface area (Å²) in [4.78, 5) is 37.7. The molecule has 0 saturated carbocycles. The van der Waals surface area contributed by atoms with Gasteiger partial charge in [-0.25, -0.2) is 0 Å². The van der Waals surface area contributed by atoms with Crippen molar-refractivity contribution in [2.75, 3.05) is 13.2 Å². The van der Waals surface area contributed by atoms with Gasteiger partial charge in [-0.2, -0.15) is 0 Å². The maximum atomic E-state index is 12.7. The SMILES string of the molecule is CC/C=C\C/C=C\C/C=C\C/C=C\C/C=C\C/C=C\CCCCCCC(=O)OCC(COC(=O)CCCCCCC)OC(=O)CCCCCCCCC/C=C\C/C=C\CCCCCC. The molecule has 0 aromatic heterocycles. The molecule has 364 valence electrons. The Morgan fingerprint density at radius 1 is 0.328 bits per heavy atom. The monoisotopic (exact) mass is 889 g/mol. The largest absolute Gasteiger partial charge is 0.462 e. The summed E-state index contributed by atoms with van der Waals surface area (Å²) in [6.07, 6.45) is 68.5. The van der Waals surface area contributed by atoms with E-state index < -0.39 is 6.10 Å². The molecule has 0 aliphatic carbocycles. The number of hydrogen-bond acceptors (Lipinski definition) is 6. The lowest BCUT2D eigenvalue weighted by Gasteiger charge is -2.18. The van der Waals surface area contributed by atoms with Crippen LogP contribution in [0.3, 0.4) is 0 Å². The van der Waals surface area contributed by atoms with Crippen LogP contribution in [0.15, 0.2) is 97.2 Å². The fraction of sp³-hybridized carbons (Fsp3) is 0.672. The van der Waals surface area contributed by atoms with Gasteiger partial charge in [0, 0.05) is 19.3 Å². The third kappa shape index (κ3) is 49.3. The van der Waals surface area contributed by atoms with E-state index in [4.69, 9.17) is 14.2 Å². The Bertz CT molecular complexity index is 1300. The quantitative estimate of drug-likeness (QED) is 0.0262. The first-order valence-electron chi connectivity index (χ1n) is 26.2. The van der Waals surface area contributed by atoms with E-state index in [1.165, 1.54) is 64.2 Å². The van der Waals surface area contributed by atoms with E-state index in [9.17, 15) is 14.4 Å². The standard InChI is InChI=1S/C58H96O6/c1-4-7-10-13-15-17-19-21-23-25-27-28-29-30-31-33-34-36-38-40-42-45-48-51-57(60)63-54-55(53-62-56(59)50-47-44-12-9-6-3)64-58(61)52-49-46-43-41-39-37-35-32-26-24-22-20-18-16-14-11-8-5-2/h7,10,15,17-18,20-21,23-24,26-28,30-31,34,36,55H,4-6,8-9,11-14,16,19,22,25,29,32-33,35,37-54H2,1-3H3/b10-7-,17-15-,20-18-,23-21-,26-24-,28-27-,31-30-,36-34-. The highest BCUT2D eigenvalue weighted by molar-refractivity contribution is 5.71. The van der Waals surface area contributed by atoms with Gasteiger partial charge in [-0.3, -0.25) is 14.4 Å². The molecule has 0 aromatic carbocycles. The molecule has 64 heavy (non-hydrogen) atoms. The molecule has 0 aliphatic heterocycles. The van der Waals surface area contributed by atoms with Crippen LogP contribution in [0.4, 0.5) is 0 Å². The van der Waals surface area contributed by atoms with Crippen LogP contribution in [0.2, 0.25) is 0 Å². The lowest BCUT2D eigenvalue weighted by atomic mass is 10.1. The first-order chi connectivity index (χ1) is 31.5. The number of ether oxygens (including phenoxy) is 3. The van der Waals surface area contributed by atoms with Crippen LogP contribution in [-0.2, 0) is 28.6 Å². The van der Waals surface area contributed by atoms with Gasteiger partial charge in [-0.05, 0) is 103 Å². The minimum Gasteiger partial charge on any atom is -0.462 e. The molecule has 6 nitrogen and oxygen atoms in total. The Kier molecular flexibility index (Phi) is 49.0. The van der Waals surface area contributed by atoms with Gasteiger partial charge in [0.1, 0.15) is 13.2 Å². The van der Waals surface area contributed by atoms with Crippen molar-refractivity contribution in [3.63, 3.8) is 0 Å². The van der Waals surface area contributed by atoms with Crippen molar-refractivity contribution in [3.8, 4) is 0 Å². The van der Waals surface area contributed by atoms with Gasteiger partial charge in [0.2, 0.25) is 0 Å². The van der Waals surface area contributed by atoms with Gasteiger partial charge >= 0.3 is 17.9 Å². The number of hydrogen-bond donors (Lipinski definition) is 0. The smallest absolute Gasteiger partial charge is 0.306 e. The van der Waals surface area contributed by atoms with Crippen molar-refractivity contribution in [2.45, 2.75) is 239 Å². The number of rotatable bonds is 46. The summed E-state index contributed by atoms with van der Waals surface area (Å²) in [5, 5.41) is 0. The van der Waals surface area contributed by atoms with Gasteiger partial charge in [0.25, 0.3) is 0 Å². The average molecular weight is 889 g/mol. The minimum absolute atomic E-state index is 0.0908. The Morgan fingerprint density at radius 2 is 0.609 bits per heavy atom. The van der Waals surface area contributed by atoms with E-state index in [0.717, 1.165) is 128 Å². The maximum absolute atomic E-state index is 12.7. The molecule has 0 N–H and O–H groups in total. The summed E-state index contributed by atoms with van der Waals surface area (Å²) in [5.74, 6) is -0.941. The highest BCUT2D eigenvalue weighted by Gasteiger charge is 2.19. The van der Waals surface area contributed by atoms with Crippen LogP contribution in [-0.4, -0.2) is 37.2 Å². The second kappa shape index (κ2) is 52.0. The molecule has 0 aliphatic rings. The lowest BCUT2D eigenvalue weighted by molar-refractivity contribution is -0.167. The summed E-state index contributed by atoms with van der Waals surface area (Å²) in [6.45, 7) is 6.39. The number of carbonyl (C=O) groups excluding carboxylic acids is 3. The summed E-state index contributed by atoms with van der Waals surface area (Å²) in [5.41, 5.74) is 0. The molecular formula is C58H96O6. The second-order valence-electron chi connectivity index (χ2n) is 17.1. The summed E-state index contributed by atoms with van der Waals surface area (Å²) in [6, 6.07) is 0. The highest BCUT2D eigenvalue weighted by atomic mass is 16.6. The Morgan fingerprint density at radius 3 is 0.969 bits per heavy atom. The highest BCUT2D eigenvalue weighted by Crippen LogP contribution is 2.13. The summed E-state index contributed by atoms with van der Waals surface area (Å²) in [7, 11) is 0. The van der Waals surface area contributed by atoms with Crippen LogP contribution in [0.5, 0.6) is 0 Å². The van der Waals surface area contributed by atoms with Gasteiger partial charge in [0.15, 0.2) is 6.10 Å². The topological polar surface area (TPSA) is 78.9 Å². The van der Waals surface area contributed by atoms with Crippen molar-refractivity contribution >= 4 is 17.9 Å². The molecule has 0 heterocycles. The first-order valence-corrected chi connectivity index (χ1v) is 26.2. The molecule has 1 atom stereocenters. The zero-order valence-corrected chi connectivity index (χ0v) is 41.5. The molecule has 0 amide bonds. The van der Waals surface area contributed by atoms with Gasteiger partial charge < -0.3 is 14.2 Å². The van der Waals surface area contributed by atoms with Gasteiger partial charge in [0.05, 0.1) is 0 Å². The predicted molar refractivity (Wildman–Crippen MR) is 274 cm³/mol. The fourth-order valence-corrected chi connectivity index (χ4v) is 6.89. The summed E-state index contributed by atoms with van der Waals surface area (Å²) < 4.78 is 16.7. The Hall–Kier alpha value is -3.67. The molecule has 0 bridgehead atoms. The molecule has 0 aromatic rings.